The third-order valence-electron chi connectivity index (χ3n) is 8.47. The number of carbonyl (C=O) groups is 1. The number of amides is 1. The van der Waals surface area contributed by atoms with Crippen molar-refractivity contribution in [1.82, 2.24) is 33.7 Å². The summed E-state index contributed by atoms with van der Waals surface area (Å²) >= 11 is 6.02. The first-order valence-electron chi connectivity index (χ1n) is 14.9. The number of nitrogens with one attached hydrogen (secondary N) is 1. The Balaban J connectivity index is 1.10. The van der Waals surface area contributed by atoms with Gasteiger partial charge in [0.15, 0.2) is 10.8 Å². The highest BCUT2D eigenvalue weighted by atomic mass is 35.5. The SMILES string of the molecule is CC1(C)CC(CCCCn2ccc(S(=O)(=O)N(Cl)C(=O)c3ccc(-n4ccc(OCCCC5(C(F)(F)F)CC5)n4)nc3)n2)CN1. The van der Waals surface area contributed by atoms with E-state index >= 15 is 0 Å². The van der Waals surface area contributed by atoms with E-state index in [1.165, 1.54) is 33.6 Å². The average molecular weight is 672 g/mol. The first-order chi connectivity index (χ1) is 21.2. The van der Waals surface area contributed by atoms with Crippen LogP contribution >= 0.6 is 11.8 Å². The van der Waals surface area contributed by atoms with Gasteiger partial charge in [-0.3, -0.25) is 9.48 Å². The predicted molar refractivity (Wildman–Crippen MR) is 159 cm³/mol. The highest BCUT2D eigenvalue weighted by Gasteiger charge is 2.62. The van der Waals surface area contributed by atoms with Gasteiger partial charge in [-0.05, 0) is 89.5 Å². The second-order valence-electron chi connectivity index (χ2n) is 12.5. The molecule has 16 heteroatoms. The Labute approximate surface area is 265 Å². The van der Waals surface area contributed by atoms with Gasteiger partial charge in [0, 0.05) is 48.5 Å². The van der Waals surface area contributed by atoms with Crippen molar-refractivity contribution in [3.8, 4) is 11.7 Å². The summed E-state index contributed by atoms with van der Waals surface area (Å²) in [6, 6.07) is 5.64. The number of rotatable bonds is 14. The number of aryl methyl sites for hydroxylation is 1. The van der Waals surface area contributed by atoms with Gasteiger partial charge in [0.2, 0.25) is 5.88 Å². The van der Waals surface area contributed by atoms with Crippen LogP contribution in [0.15, 0.2) is 47.9 Å². The standard InChI is InChI=1S/C29H37ClF3N7O4S/c1-27(2)18-21(19-35-27)6-3-4-14-38-15-10-25(37-38)45(42,43)40(30)26(41)22-7-8-23(34-20-22)39-16-9-24(36-39)44-17-5-11-28(12-13-28)29(31,32)33/h7-10,15-16,20-21,35H,3-6,11-14,17-19H2,1-2H3. The fourth-order valence-corrected chi connectivity index (χ4v) is 6.91. The molecule has 3 aromatic heterocycles. The van der Waals surface area contributed by atoms with Crippen LogP contribution in [-0.4, -0.2) is 67.6 Å². The van der Waals surface area contributed by atoms with Gasteiger partial charge in [-0.25, -0.2) is 9.67 Å². The molecule has 1 saturated carbocycles. The molecule has 1 amide bonds. The van der Waals surface area contributed by atoms with Crippen molar-refractivity contribution in [2.45, 2.75) is 88.5 Å². The van der Waals surface area contributed by atoms with Crippen LogP contribution in [0.1, 0.15) is 75.6 Å². The molecule has 0 spiro atoms. The maximum Gasteiger partial charge on any atom is 0.394 e. The normalized spacial score (nSPS) is 19.0. The number of alkyl halides is 3. The minimum atomic E-state index is -4.42. The minimum Gasteiger partial charge on any atom is -0.477 e. The van der Waals surface area contributed by atoms with Crippen LogP contribution in [0.2, 0.25) is 0 Å². The minimum absolute atomic E-state index is 0.0148. The largest absolute Gasteiger partial charge is 0.477 e. The van der Waals surface area contributed by atoms with Crippen molar-refractivity contribution in [3.63, 3.8) is 0 Å². The number of hydrogen-bond acceptors (Lipinski definition) is 8. The maximum atomic E-state index is 13.1. The molecule has 0 bridgehead atoms. The molecule has 1 aliphatic heterocycles. The smallest absolute Gasteiger partial charge is 0.394 e. The number of ether oxygens (including phenoxy) is 1. The number of aromatic nitrogens is 5. The predicted octanol–water partition coefficient (Wildman–Crippen LogP) is 5.51. The summed E-state index contributed by atoms with van der Waals surface area (Å²) in [5.74, 6) is 0.133. The molecular formula is C29H37ClF3N7O4S. The molecule has 5 rings (SSSR count). The molecule has 45 heavy (non-hydrogen) atoms. The van der Waals surface area contributed by atoms with E-state index in [-0.39, 0.29) is 58.1 Å². The summed E-state index contributed by atoms with van der Waals surface area (Å²) < 4.78 is 73.7. The molecule has 1 aliphatic carbocycles. The quantitative estimate of drug-likeness (QED) is 0.176. The van der Waals surface area contributed by atoms with Crippen LogP contribution in [0.5, 0.6) is 5.88 Å². The van der Waals surface area contributed by atoms with Crippen molar-refractivity contribution >= 4 is 27.7 Å². The van der Waals surface area contributed by atoms with E-state index in [4.69, 9.17) is 16.5 Å². The van der Waals surface area contributed by atoms with E-state index < -0.39 is 27.5 Å². The lowest BCUT2D eigenvalue weighted by atomic mass is 9.93. The number of hydrogen-bond donors (Lipinski definition) is 1. The number of unbranched alkanes of at least 4 members (excludes halogenated alkanes) is 1. The molecule has 1 unspecified atom stereocenters. The lowest BCUT2D eigenvalue weighted by molar-refractivity contribution is -0.189. The Kier molecular flexibility index (Phi) is 9.53. The van der Waals surface area contributed by atoms with Gasteiger partial charge in [-0.2, -0.15) is 26.7 Å². The molecule has 1 N–H and O–H groups in total. The second kappa shape index (κ2) is 12.9. The van der Waals surface area contributed by atoms with Crippen LogP contribution in [0, 0.1) is 11.3 Å². The molecule has 11 nitrogen and oxygen atoms in total. The second-order valence-corrected chi connectivity index (χ2v) is 14.8. The van der Waals surface area contributed by atoms with Crippen molar-refractivity contribution in [3.05, 3.63) is 48.4 Å². The molecular weight excluding hydrogens is 635 g/mol. The van der Waals surface area contributed by atoms with Crippen molar-refractivity contribution in [1.29, 1.82) is 0 Å². The molecule has 0 radical (unpaired) electrons. The number of pyridine rings is 1. The van der Waals surface area contributed by atoms with Crippen LogP contribution in [-0.2, 0) is 16.6 Å². The lowest BCUT2D eigenvalue weighted by Crippen LogP contribution is -2.31. The fourth-order valence-electron chi connectivity index (χ4n) is 5.67. The van der Waals surface area contributed by atoms with Gasteiger partial charge < -0.3 is 10.1 Å². The number of carbonyl (C=O) groups excluding carboxylic acids is 1. The highest BCUT2D eigenvalue weighted by Crippen LogP contribution is 2.60. The van der Waals surface area contributed by atoms with Crippen LogP contribution < -0.4 is 10.1 Å². The first kappa shape index (κ1) is 33.2. The Bertz CT molecular complexity index is 1590. The monoisotopic (exact) mass is 671 g/mol. The summed E-state index contributed by atoms with van der Waals surface area (Å²) in [6.07, 6.45) is 4.69. The van der Waals surface area contributed by atoms with E-state index in [1.807, 2.05) is 0 Å². The zero-order chi connectivity index (χ0) is 32.5. The zero-order valence-corrected chi connectivity index (χ0v) is 26.7. The Morgan fingerprint density at radius 3 is 2.56 bits per heavy atom. The lowest BCUT2D eigenvalue weighted by Gasteiger charge is -2.18. The van der Waals surface area contributed by atoms with E-state index in [1.54, 1.807) is 12.4 Å². The summed E-state index contributed by atoms with van der Waals surface area (Å²) in [5, 5.41) is 11.5. The van der Waals surface area contributed by atoms with Gasteiger partial charge in [0.1, 0.15) is 0 Å². The van der Waals surface area contributed by atoms with E-state index in [0.29, 0.717) is 18.3 Å². The summed E-state index contributed by atoms with van der Waals surface area (Å²) in [4.78, 5) is 17.1. The molecule has 1 atom stereocenters. The van der Waals surface area contributed by atoms with E-state index in [9.17, 15) is 26.4 Å². The molecule has 2 fully saturated rings. The maximum absolute atomic E-state index is 13.1. The van der Waals surface area contributed by atoms with Gasteiger partial charge in [0.05, 0.1) is 17.6 Å². The molecule has 1 saturated heterocycles. The topological polar surface area (TPSA) is 124 Å². The molecule has 3 aromatic rings. The Morgan fingerprint density at radius 2 is 1.91 bits per heavy atom. The van der Waals surface area contributed by atoms with Crippen LogP contribution in [0.3, 0.4) is 0 Å². The molecule has 2 aliphatic rings. The van der Waals surface area contributed by atoms with Crippen LogP contribution in [0.25, 0.3) is 5.82 Å². The van der Waals surface area contributed by atoms with Crippen molar-refractivity contribution < 1.29 is 31.1 Å². The summed E-state index contributed by atoms with van der Waals surface area (Å²) in [6.45, 7) is 6.04. The number of sulfonamides is 1. The Hall–Kier alpha value is -3.17. The number of nitrogens with zero attached hydrogens (tertiary/aromatic N) is 6. The van der Waals surface area contributed by atoms with E-state index in [2.05, 4.69) is 34.3 Å². The fraction of sp³-hybridized carbons (Fsp3) is 0.586. The Morgan fingerprint density at radius 1 is 1.13 bits per heavy atom. The molecule has 4 heterocycles. The summed E-state index contributed by atoms with van der Waals surface area (Å²) in [5.41, 5.74) is -1.47. The third-order valence-corrected chi connectivity index (χ3v) is 10.5. The van der Waals surface area contributed by atoms with Crippen molar-refractivity contribution in [2.75, 3.05) is 13.2 Å². The van der Waals surface area contributed by atoms with Crippen LogP contribution in [0.4, 0.5) is 13.2 Å². The van der Waals surface area contributed by atoms with Crippen molar-refractivity contribution in [2.24, 2.45) is 11.3 Å². The van der Waals surface area contributed by atoms with Gasteiger partial charge in [-0.1, -0.05) is 6.42 Å². The van der Waals surface area contributed by atoms with E-state index in [0.717, 1.165) is 38.4 Å². The van der Waals surface area contributed by atoms with Gasteiger partial charge in [-0.15, -0.1) is 8.92 Å². The van der Waals surface area contributed by atoms with Gasteiger partial charge >= 0.3 is 6.18 Å². The number of halogens is 4. The first-order valence-corrected chi connectivity index (χ1v) is 16.7. The highest BCUT2D eigenvalue weighted by molar-refractivity contribution is 7.90. The van der Waals surface area contributed by atoms with Gasteiger partial charge in [0.25, 0.3) is 15.9 Å². The molecule has 246 valence electrons. The summed E-state index contributed by atoms with van der Waals surface area (Å²) in [7, 11) is -4.42. The zero-order valence-electron chi connectivity index (χ0n) is 25.1. The molecule has 0 aromatic carbocycles. The average Bonchev–Trinajstić information content (AvgIpc) is 3.29. The third kappa shape index (κ3) is 7.80.